The molecule has 0 aromatic heterocycles. The molecule has 132 valence electrons. The Kier molecular flexibility index (Phi) is 5.76. The third-order valence-electron chi connectivity index (χ3n) is 4.95. The summed E-state index contributed by atoms with van der Waals surface area (Å²) in [7, 11) is 0. The standard InChI is InChI=1S/C18H26ClN3O2/c1-13(18(24)20-14-6-7-14)22-10-8-21(9-11-22)12-17(23)15-4-2-3-5-16(15)19/h2-5,13-14,17,23H,6-12H2,1H3,(H,20,24)/t13-,17+/m1/s1. The number of β-amino-alcohol motifs (C(OH)–C–C–N with tert-alkyl or cyclic N) is 1. The minimum atomic E-state index is -0.583. The SMILES string of the molecule is C[C@H](C(=O)NC1CC1)N1CCN(C[C@H](O)c2ccccc2Cl)CC1. The predicted octanol–water partition coefficient (Wildman–Crippen LogP) is 1.66. The van der Waals surface area contributed by atoms with Crippen molar-refractivity contribution in [3.63, 3.8) is 0 Å². The van der Waals surface area contributed by atoms with E-state index in [9.17, 15) is 9.90 Å². The van der Waals surface area contributed by atoms with Crippen molar-refractivity contribution in [2.24, 2.45) is 0 Å². The molecule has 1 saturated carbocycles. The summed E-state index contributed by atoms with van der Waals surface area (Å²) in [6.45, 7) is 5.93. The molecule has 24 heavy (non-hydrogen) atoms. The van der Waals surface area contributed by atoms with E-state index >= 15 is 0 Å². The second-order valence-corrected chi connectivity index (χ2v) is 7.24. The van der Waals surface area contributed by atoms with Crippen molar-refractivity contribution in [2.45, 2.75) is 38.0 Å². The van der Waals surface area contributed by atoms with Crippen LogP contribution >= 0.6 is 11.6 Å². The maximum absolute atomic E-state index is 12.2. The highest BCUT2D eigenvalue weighted by Gasteiger charge is 2.30. The molecule has 2 fully saturated rings. The molecule has 1 aromatic rings. The van der Waals surface area contributed by atoms with Crippen LogP contribution in [0.2, 0.25) is 5.02 Å². The van der Waals surface area contributed by atoms with E-state index in [1.165, 1.54) is 0 Å². The molecule has 1 aliphatic carbocycles. The number of carbonyl (C=O) groups is 1. The molecule has 1 saturated heterocycles. The molecule has 1 aromatic carbocycles. The van der Waals surface area contributed by atoms with Crippen molar-refractivity contribution in [1.29, 1.82) is 0 Å². The molecular formula is C18H26ClN3O2. The second kappa shape index (κ2) is 7.83. The lowest BCUT2D eigenvalue weighted by molar-refractivity contribution is -0.126. The first-order chi connectivity index (χ1) is 11.5. The Bertz CT molecular complexity index is 571. The minimum absolute atomic E-state index is 0.0822. The molecule has 1 amide bonds. The Labute approximate surface area is 148 Å². The zero-order chi connectivity index (χ0) is 17.1. The average molecular weight is 352 g/mol. The van der Waals surface area contributed by atoms with E-state index in [2.05, 4.69) is 15.1 Å². The lowest BCUT2D eigenvalue weighted by atomic mass is 10.1. The van der Waals surface area contributed by atoms with Gasteiger partial charge in [-0.1, -0.05) is 29.8 Å². The number of nitrogens with one attached hydrogen (secondary N) is 1. The number of halogens is 1. The zero-order valence-corrected chi connectivity index (χ0v) is 14.9. The van der Waals surface area contributed by atoms with Crippen LogP contribution in [0.5, 0.6) is 0 Å². The Hall–Kier alpha value is -1.14. The lowest BCUT2D eigenvalue weighted by Gasteiger charge is -2.38. The van der Waals surface area contributed by atoms with Crippen LogP contribution in [0.4, 0.5) is 0 Å². The highest BCUT2D eigenvalue weighted by Crippen LogP contribution is 2.24. The summed E-state index contributed by atoms with van der Waals surface area (Å²) in [5.74, 6) is 0.141. The molecule has 2 atom stereocenters. The lowest BCUT2D eigenvalue weighted by Crippen LogP contribution is -2.54. The first-order valence-electron chi connectivity index (χ1n) is 8.74. The predicted molar refractivity (Wildman–Crippen MR) is 95.1 cm³/mol. The number of carbonyl (C=O) groups excluding carboxylic acids is 1. The second-order valence-electron chi connectivity index (χ2n) is 6.83. The van der Waals surface area contributed by atoms with Gasteiger partial charge in [0.2, 0.25) is 5.91 Å². The number of benzene rings is 1. The molecule has 0 spiro atoms. The van der Waals surface area contributed by atoms with Gasteiger partial charge in [0.25, 0.3) is 0 Å². The van der Waals surface area contributed by atoms with Crippen LogP contribution in [0, 0.1) is 0 Å². The topological polar surface area (TPSA) is 55.8 Å². The van der Waals surface area contributed by atoms with E-state index in [0.717, 1.165) is 44.6 Å². The summed E-state index contributed by atoms with van der Waals surface area (Å²) in [6.07, 6.45) is 1.65. The van der Waals surface area contributed by atoms with Gasteiger partial charge >= 0.3 is 0 Å². The number of hydrogen-bond acceptors (Lipinski definition) is 4. The van der Waals surface area contributed by atoms with E-state index in [4.69, 9.17) is 11.6 Å². The monoisotopic (exact) mass is 351 g/mol. The molecule has 6 heteroatoms. The Morgan fingerprint density at radius 3 is 2.58 bits per heavy atom. The van der Waals surface area contributed by atoms with Crippen LogP contribution < -0.4 is 5.32 Å². The van der Waals surface area contributed by atoms with Gasteiger partial charge in [-0.05, 0) is 25.8 Å². The van der Waals surface area contributed by atoms with Crippen molar-refractivity contribution in [3.8, 4) is 0 Å². The fourth-order valence-electron chi connectivity index (χ4n) is 3.14. The fraction of sp³-hybridized carbons (Fsp3) is 0.611. The maximum atomic E-state index is 12.2. The van der Waals surface area contributed by atoms with E-state index in [-0.39, 0.29) is 11.9 Å². The summed E-state index contributed by atoms with van der Waals surface area (Å²) in [6, 6.07) is 7.76. The van der Waals surface area contributed by atoms with Gasteiger partial charge in [-0.15, -0.1) is 0 Å². The molecule has 0 bridgehead atoms. The molecule has 2 N–H and O–H groups in total. The molecule has 3 rings (SSSR count). The molecule has 0 radical (unpaired) electrons. The van der Waals surface area contributed by atoms with E-state index in [1.807, 2.05) is 25.1 Å². The number of hydrogen-bond donors (Lipinski definition) is 2. The maximum Gasteiger partial charge on any atom is 0.237 e. The van der Waals surface area contributed by atoms with Crippen molar-refractivity contribution >= 4 is 17.5 Å². The van der Waals surface area contributed by atoms with E-state index in [1.54, 1.807) is 6.07 Å². The number of aliphatic hydroxyl groups is 1. The first kappa shape index (κ1) is 17.7. The number of nitrogens with zero attached hydrogens (tertiary/aromatic N) is 2. The molecule has 1 heterocycles. The fourth-order valence-corrected chi connectivity index (χ4v) is 3.40. The summed E-state index contributed by atoms with van der Waals surface area (Å²) in [5.41, 5.74) is 0.777. The van der Waals surface area contributed by atoms with Gasteiger partial charge < -0.3 is 10.4 Å². The van der Waals surface area contributed by atoms with E-state index < -0.39 is 6.10 Å². The average Bonchev–Trinajstić information content (AvgIpc) is 3.39. The third-order valence-corrected chi connectivity index (χ3v) is 5.30. The van der Waals surface area contributed by atoms with Crippen LogP contribution in [0.15, 0.2) is 24.3 Å². The number of piperazine rings is 1. The molecule has 0 unspecified atom stereocenters. The van der Waals surface area contributed by atoms with Gasteiger partial charge in [-0.3, -0.25) is 14.6 Å². The quantitative estimate of drug-likeness (QED) is 0.818. The summed E-state index contributed by atoms with van der Waals surface area (Å²) < 4.78 is 0. The van der Waals surface area contributed by atoms with Crippen LogP contribution in [-0.4, -0.2) is 65.6 Å². The molecular weight excluding hydrogens is 326 g/mol. The van der Waals surface area contributed by atoms with Crippen LogP contribution in [-0.2, 0) is 4.79 Å². The number of aliphatic hydroxyl groups excluding tert-OH is 1. The van der Waals surface area contributed by atoms with Crippen molar-refractivity contribution in [2.75, 3.05) is 32.7 Å². The van der Waals surface area contributed by atoms with Crippen molar-refractivity contribution in [1.82, 2.24) is 15.1 Å². The zero-order valence-electron chi connectivity index (χ0n) is 14.1. The Morgan fingerprint density at radius 2 is 1.96 bits per heavy atom. The van der Waals surface area contributed by atoms with Gasteiger partial charge in [0.05, 0.1) is 12.1 Å². The highest BCUT2D eigenvalue weighted by molar-refractivity contribution is 6.31. The van der Waals surface area contributed by atoms with Gasteiger partial charge in [0.1, 0.15) is 0 Å². The van der Waals surface area contributed by atoms with Gasteiger partial charge in [0.15, 0.2) is 0 Å². The molecule has 5 nitrogen and oxygen atoms in total. The number of amides is 1. The first-order valence-corrected chi connectivity index (χ1v) is 9.11. The van der Waals surface area contributed by atoms with E-state index in [0.29, 0.717) is 17.6 Å². The molecule has 2 aliphatic rings. The minimum Gasteiger partial charge on any atom is -0.387 e. The van der Waals surface area contributed by atoms with Gasteiger partial charge in [-0.2, -0.15) is 0 Å². The Morgan fingerprint density at radius 1 is 1.29 bits per heavy atom. The summed E-state index contributed by atoms with van der Waals surface area (Å²) in [4.78, 5) is 16.6. The Balaban J connectivity index is 1.46. The van der Waals surface area contributed by atoms with Crippen molar-refractivity contribution in [3.05, 3.63) is 34.9 Å². The summed E-state index contributed by atoms with van der Waals surface area (Å²) in [5, 5.41) is 14.1. The normalized spacial score (nSPS) is 22.1. The summed E-state index contributed by atoms with van der Waals surface area (Å²) >= 11 is 6.15. The largest absolute Gasteiger partial charge is 0.387 e. The third kappa shape index (κ3) is 4.48. The molecule has 1 aliphatic heterocycles. The van der Waals surface area contributed by atoms with Crippen LogP contribution in [0.1, 0.15) is 31.4 Å². The van der Waals surface area contributed by atoms with Crippen LogP contribution in [0.25, 0.3) is 0 Å². The van der Waals surface area contributed by atoms with Gasteiger partial charge in [-0.25, -0.2) is 0 Å². The smallest absolute Gasteiger partial charge is 0.237 e. The number of rotatable bonds is 6. The highest BCUT2D eigenvalue weighted by atomic mass is 35.5. The van der Waals surface area contributed by atoms with Crippen molar-refractivity contribution < 1.29 is 9.90 Å². The van der Waals surface area contributed by atoms with Gasteiger partial charge in [0, 0.05) is 49.4 Å². The van der Waals surface area contributed by atoms with Crippen LogP contribution in [0.3, 0.4) is 0 Å².